The third kappa shape index (κ3) is 7.40. The third-order valence-corrected chi connectivity index (χ3v) is 6.60. The van der Waals surface area contributed by atoms with E-state index in [9.17, 15) is 13.2 Å². The Labute approximate surface area is 206 Å². The SMILES string of the molecule is CCOc1ccc(/C=N\NC(=O)C[C@@H](NS(=O)(=O)c2ccc(C)cc2)c2ccccc2)cc1OC. The smallest absolute Gasteiger partial charge is 0.242 e. The molecule has 2 N–H and O–H groups in total. The first-order chi connectivity index (χ1) is 16.8. The van der Waals surface area contributed by atoms with Gasteiger partial charge in [0.05, 0.1) is 30.9 Å². The van der Waals surface area contributed by atoms with E-state index in [0.717, 1.165) is 5.56 Å². The molecule has 3 aromatic rings. The summed E-state index contributed by atoms with van der Waals surface area (Å²) in [6.07, 6.45) is 1.34. The maximum absolute atomic E-state index is 12.9. The highest BCUT2D eigenvalue weighted by Gasteiger charge is 2.23. The van der Waals surface area contributed by atoms with Gasteiger partial charge in [0.2, 0.25) is 15.9 Å². The van der Waals surface area contributed by atoms with E-state index in [0.29, 0.717) is 29.2 Å². The molecule has 1 amide bonds. The second-order valence-electron chi connectivity index (χ2n) is 7.74. The molecule has 1 atom stereocenters. The molecule has 3 aromatic carbocycles. The average Bonchev–Trinajstić information content (AvgIpc) is 2.85. The van der Waals surface area contributed by atoms with Crippen molar-refractivity contribution in [2.75, 3.05) is 13.7 Å². The predicted molar refractivity (Wildman–Crippen MR) is 135 cm³/mol. The fraction of sp³-hybridized carbons (Fsp3) is 0.231. The molecule has 0 saturated heterocycles. The number of hydrogen-bond acceptors (Lipinski definition) is 6. The number of carbonyl (C=O) groups excluding carboxylic acids is 1. The number of carbonyl (C=O) groups is 1. The zero-order valence-corrected chi connectivity index (χ0v) is 20.7. The molecule has 0 fully saturated rings. The van der Waals surface area contributed by atoms with Crippen LogP contribution in [0.1, 0.15) is 36.1 Å². The zero-order valence-electron chi connectivity index (χ0n) is 19.9. The molecule has 0 radical (unpaired) electrons. The van der Waals surface area contributed by atoms with Crippen molar-refractivity contribution in [1.29, 1.82) is 0 Å². The molecule has 3 rings (SSSR count). The minimum Gasteiger partial charge on any atom is -0.493 e. The Hall–Kier alpha value is -3.69. The van der Waals surface area contributed by atoms with Crippen molar-refractivity contribution in [2.24, 2.45) is 5.10 Å². The minimum absolute atomic E-state index is 0.131. The van der Waals surface area contributed by atoms with E-state index in [-0.39, 0.29) is 11.3 Å². The van der Waals surface area contributed by atoms with E-state index in [2.05, 4.69) is 15.2 Å². The van der Waals surface area contributed by atoms with Crippen molar-refractivity contribution in [1.82, 2.24) is 10.1 Å². The minimum atomic E-state index is -3.84. The number of ether oxygens (including phenoxy) is 2. The van der Waals surface area contributed by atoms with Crippen molar-refractivity contribution in [3.63, 3.8) is 0 Å². The number of hydrogen-bond donors (Lipinski definition) is 2. The number of rotatable bonds is 11. The lowest BCUT2D eigenvalue weighted by molar-refractivity contribution is -0.121. The van der Waals surface area contributed by atoms with Crippen molar-refractivity contribution in [2.45, 2.75) is 31.2 Å². The van der Waals surface area contributed by atoms with Crippen LogP contribution in [0.25, 0.3) is 0 Å². The van der Waals surface area contributed by atoms with Gasteiger partial charge in [0.15, 0.2) is 11.5 Å². The van der Waals surface area contributed by atoms with Crippen molar-refractivity contribution >= 4 is 22.1 Å². The van der Waals surface area contributed by atoms with Crippen LogP contribution in [0, 0.1) is 6.92 Å². The molecular weight excluding hydrogens is 466 g/mol. The van der Waals surface area contributed by atoms with Gasteiger partial charge in [-0.1, -0.05) is 48.0 Å². The number of hydrazone groups is 1. The number of amides is 1. The first-order valence-corrected chi connectivity index (χ1v) is 12.6. The number of nitrogens with one attached hydrogen (secondary N) is 2. The van der Waals surface area contributed by atoms with Crippen molar-refractivity contribution in [3.8, 4) is 11.5 Å². The molecular formula is C26H29N3O5S. The number of benzene rings is 3. The molecule has 35 heavy (non-hydrogen) atoms. The summed E-state index contributed by atoms with van der Waals surface area (Å²) in [5, 5.41) is 4.01. The van der Waals surface area contributed by atoms with E-state index in [1.807, 2.05) is 19.9 Å². The lowest BCUT2D eigenvalue weighted by atomic mass is 10.0. The Balaban J connectivity index is 1.71. The number of sulfonamides is 1. The molecule has 0 aliphatic rings. The van der Waals surface area contributed by atoms with Gasteiger partial charge in [-0.3, -0.25) is 4.79 Å². The van der Waals surface area contributed by atoms with Crippen LogP contribution in [0.3, 0.4) is 0 Å². The topological polar surface area (TPSA) is 106 Å². The largest absolute Gasteiger partial charge is 0.493 e. The van der Waals surface area contributed by atoms with Crippen LogP contribution in [0.2, 0.25) is 0 Å². The van der Waals surface area contributed by atoms with Crippen LogP contribution in [0.5, 0.6) is 11.5 Å². The van der Waals surface area contributed by atoms with Gasteiger partial charge in [-0.05, 0) is 55.3 Å². The maximum Gasteiger partial charge on any atom is 0.242 e. The summed E-state index contributed by atoms with van der Waals surface area (Å²) in [5.41, 5.74) is 4.78. The van der Waals surface area contributed by atoms with Crippen LogP contribution >= 0.6 is 0 Å². The van der Waals surface area contributed by atoms with Gasteiger partial charge in [-0.25, -0.2) is 18.6 Å². The van der Waals surface area contributed by atoms with Crippen LogP contribution in [-0.4, -0.2) is 34.3 Å². The standard InChI is InChI=1S/C26H29N3O5S/c1-4-34-24-15-12-20(16-25(24)33-3)18-27-28-26(30)17-23(21-8-6-5-7-9-21)29-35(31,32)22-13-10-19(2)11-14-22/h5-16,18,23,29H,4,17H2,1-3H3,(H,28,30)/b27-18-/t23-/m1/s1. The molecule has 0 saturated carbocycles. The lowest BCUT2D eigenvalue weighted by Gasteiger charge is -2.18. The molecule has 184 valence electrons. The summed E-state index contributed by atoms with van der Waals surface area (Å²) in [4.78, 5) is 12.8. The van der Waals surface area contributed by atoms with Crippen LogP contribution in [-0.2, 0) is 14.8 Å². The van der Waals surface area contributed by atoms with E-state index in [1.54, 1.807) is 61.7 Å². The second-order valence-corrected chi connectivity index (χ2v) is 9.45. The van der Waals surface area contributed by atoms with Gasteiger partial charge in [0, 0.05) is 6.42 Å². The average molecular weight is 496 g/mol. The summed E-state index contributed by atoms with van der Waals surface area (Å²) in [5.74, 6) is 0.721. The summed E-state index contributed by atoms with van der Waals surface area (Å²) in [6.45, 7) is 4.27. The lowest BCUT2D eigenvalue weighted by Crippen LogP contribution is -2.32. The number of methoxy groups -OCH3 is 1. The highest BCUT2D eigenvalue weighted by Crippen LogP contribution is 2.27. The molecule has 8 nitrogen and oxygen atoms in total. The maximum atomic E-state index is 12.9. The van der Waals surface area contributed by atoms with Crippen molar-refractivity contribution in [3.05, 3.63) is 89.5 Å². The molecule has 0 aromatic heterocycles. The fourth-order valence-corrected chi connectivity index (χ4v) is 4.56. The summed E-state index contributed by atoms with van der Waals surface area (Å²) in [7, 11) is -2.30. The van der Waals surface area contributed by atoms with E-state index >= 15 is 0 Å². The Morgan fingerprint density at radius 3 is 2.40 bits per heavy atom. The quantitative estimate of drug-likeness (QED) is 0.309. The second kappa shape index (κ2) is 12.1. The zero-order chi connectivity index (χ0) is 25.3. The van der Waals surface area contributed by atoms with E-state index in [1.165, 1.54) is 18.3 Å². The summed E-state index contributed by atoms with van der Waals surface area (Å²) in [6, 6.07) is 20.0. The Kier molecular flexibility index (Phi) is 8.99. The van der Waals surface area contributed by atoms with Gasteiger partial charge in [0.25, 0.3) is 0 Å². The summed E-state index contributed by atoms with van der Waals surface area (Å²) < 4.78 is 39.4. The first kappa shape index (κ1) is 25.9. The highest BCUT2D eigenvalue weighted by atomic mass is 32.2. The molecule has 9 heteroatoms. The van der Waals surface area contributed by atoms with E-state index < -0.39 is 22.0 Å². The van der Waals surface area contributed by atoms with Crippen molar-refractivity contribution < 1.29 is 22.7 Å². The predicted octanol–water partition coefficient (Wildman–Crippen LogP) is 3.96. The molecule has 0 heterocycles. The molecule has 0 spiro atoms. The molecule has 0 aliphatic carbocycles. The van der Waals surface area contributed by atoms with Crippen LogP contribution < -0.4 is 19.6 Å². The number of nitrogens with zero attached hydrogens (tertiary/aromatic N) is 1. The fourth-order valence-electron chi connectivity index (χ4n) is 3.33. The molecule has 0 aliphatic heterocycles. The van der Waals surface area contributed by atoms with Crippen LogP contribution in [0.15, 0.2) is 82.8 Å². The Morgan fingerprint density at radius 2 is 1.74 bits per heavy atom. The van der Waals surface area contributed by atoms with Gasteiger partial charge >= 0.3 is 0 Å². The first-order valence-electron chi connectivity index (χ1n) is 11.1. The third-order valence-electron chi connectivity index (χ3n) is 5.11. The summed E-state index contributed by atoms with van der Waals surface area (Å²) >= 11 is 0. The van der Waals surface area contributed by atoms with Crippen LogP contribution in [0.4, 0.5) is 0 Å². The Bertz CT molecular complexity index is 1260. The van der Waals surface area contributed by atoms with Gasteiger partial charge in [-0.2, -0.15) is 5.10 Å². The van der Waals surface area contributed by atoms with E-state index in [4.69, 9.17) is 9.47 Å². The Morgan fingerprint density at radius 1 is 1.03 bits per heavy atom. The van der Waals surface area contributed by atoms with Gasteiger partial charge in [0.1, 0.15) is 0 Å². The monoisotopic (exact) mass is 495 g/mol. The number of aryl methyl sites for hydroxylation is 1. The normalized spacial score (nSPS) is 12.3. The van der Waals surface area contributed by atoms with Gasteiger partial charge in [-0.15, -0.1) is 0 Å². The van der Waals surface area contributed by atoms with Gasteiger partial charge < -0.3 is 9.47 Å². The molecule has 0 unspecified atom stereocenters. The highest BCUT2D eigenvalue weighted by molar-refractivity contribution is 7.89. The molecule has 0 bridgehead atoms.